The van der Waals surface area contributed by atoms with E-state index in [1.165, 1.54) is 24.4 Å². The second-order valence-corrected chi connectivity index (χ2v) is 7.23. The largest absolute Gasteiger partial charge is 0.372 e. The number of hydrogen-bond acceptors (Lipinski definition) is 6. The van der Waals surface area contributed by atoms with E-state index in [1.54, 1.807) is 43.3 Å². The zero-order valence-electron chi connectivity index (χ0n) is 14.0. The van der Waals surface area contributed by atoms with Crippen molar-refractivity contribution in [2.45, 2.75) is 11.8 Å². The van der Waals surface area contributed by atoms with Crippen LogP contribution in [0, 0.1) is 17.0 Å². The number of benzene rings is 2. The lowest BCUT2D eigenvalue weighted by molar-refractivity contribution is -0.384. The summed E-state index contributed by atoms with van der Waals surface area (Å²) in [5, 5.41) is 14.8. The summed E-state index contributed by atoms with van der Waals surface area (Å²) < 4.78 is 24.2. The Morgan fingerprint density at radius 3 is 2.36 bits per heavy atom. The molecule has 0 radical (unpaired) electrons. The number of nitrogens with zero attached hydrogens (tertiary/aromatic N) is 3. The lowest BCUT2D eigenvalue weighted by Gasteiger charge is -2.12. The Morgan fingerprint density at radius 2 is 1.80 bits per heavy atom. The van der Waals surface area contributed by atoms with Gasteiger partial charge in [0.15, 0.2) is 0 Å². The minimum Gasteiger partial charge on any atom is -0.372 e. The zero-order chi connectivity index (χ0) is 18.6. The van der Waals surface area contributed by atoms with E-state index < -0.39 is 14.9 Å². The van der Waals surface area contributed by atoms with Gasteiger partial charge in [-0.15, -0.1) is 0 Å². The van der Waals surface area contributed by atoms with Crippen molar-refractivity contribution in [3.63, 3.8) is 0 Å². The van der Waals surface area contributed by atoms with E-state index in [2.05, 4.69) is 9.93 Å². The molecule has 0 spiro atoms. The van der Waals surface area contributed by atoms with E-state index in [0.29, 0.717) is 11.3 Å². The number of hydrazone groups is 1. The topological polar surface area (TPSA) is 105 Å². The summed E-state index contributed by atoms with van der Waals surface area (Å²) in [6.45, 7) is 1.85. The van der Waals surface area contributed by atoms with Crippen LogP contribution in [0.15, 0.2) is 52.5 Å². The van der Waals surface area contributed by atoms with E-state index >= 15 is 0 Å². The molecule has 2 aromatic carbocycles. The monoisotopic (exact) mass is 362 g/mol. The second-order valence-electron chi connectivity index (χ2n) is 5.57. The summed E-state index contributed by atoms with van der Waals surface area (Å²) in [7, 11) is -0.385. The molecule has 0 aromatic heterocycles. The van der Waals surface area contributed by atoms with E-state index in [-0.39, 0.29) is 10.6 Å². The van der Waals surface area contributed by atoms with Gasteiger partial charge in [-0.3, -0.25) is 10.1 Å². The molecule has 0 heterocycles. The van der Waals surface area contributed by atoms with Gasteiger partial charge in [-0.2, -0.15) is 13.5 Å². The second kappa shape index (κ2) is 7.31. The van der Waals surface area contributed by atoms with Gasteiger partial charge in [0.1, 0.15) is 5.69 Å². The maximum absolute atomic E-state index is 12.1. The highest BCUT2D eigenvalue weighted by Gasteiger charge is 2.16. The third-order valence-electron chi connectivity index (χ3n) is 3.40. The first-order chi connectivity index (χ1) is 11.7. The van der Waals surface area contributed by atoms with Gasteiger partial charge in [0.2, 0.25) is 0 Å². The first kappa shape index (κ1) is 18.4. The standard InChI is InChI=1S/C16H18N4O4S/c1-12-4-7-14(8-5-12)25(23,24)18-17-11-13-6-9-15(19(2)3)16(10-13)20(21)22/h4-11,18H,1-3H3/b17-11-. The molecule has 8 nitrogen and oxygen atoms in total. The van der Waals surface area contributed by atoms with E-state index in [0.717, 1.165) is 5.56 Å². The maximum atomic E-state index is 12.1. The summed E-state index contributed by atoms with van der Waals surface area (Å²) >= 11 is 0. The van der Waals surface area contributed by atoms with Crippen molar-refractivity contribution in [3.05, 3.63) is 63.7 Å². The van der Waals surface area contributed by atoms with Gasteiger partial charge >= 0.3 is 0 Å². The lowest BCUT2D eigenvalue weighted by Crippen LogP contribution is -2.18. The van der Waals surface area contributed by atoms with Gasteiger partial charge in [0.05, 0.1) is 16.0 Å². The number of nitro groups is 1. The Labute approximate surface area is 146 Å². The van der Waals surface area contributed by atoms with Crippen molar-refractivity contribution < 1.29 is 13.3 Å². The number of rotatable bonds is 6. The highest BCUT2D eigenvalue weighted by atomic mass is 32.2. The molecular weight excluding hydrogens is 344 g/mol. The first-order valence-electron chi connectivity index (χ1n) is 7.28. The zero-order valence-corrected chi connectivity index (χ0v) is 14.8. The van der Waals surface area contributed by atoms with Crippen LogP contribution in [0.2, 0.25) is 0 Å². The van der Waals surface area contributed by atoms with Crippen LogP contribution in [0.3, 0.4) is 0 Å². The summed E-state index contributed by atoms with van der Waals surface area (Å²) in [5.41, 5.74) is 1.71. The smallest absolute Gasteiger partial charge is 0.293 e. The Kier molecular flexibility index (Phi) is 5.38. The minimum absolute atomic E-state index is 0.0872. The SMILES string of the molecule is Cc1ccc(S(=O)(=O)N/N=C\c2ccc(N(C)C)c([N+](=O)[O-])c2)cc1. The fourth-order valence-corrected chi connectivity index (χ4v) is 2.88. The molecule has 0 aliphatic carbocycles. The van der Waals surface area contributed by atoms with Gasteiger partial charge in [0, 0.05) is 25.7 Å². The number of sulfonamides is 1. The first-order valence-corrected chi connectivity index (χ1v) is 8.76. The fourth-order valence-electron chi connectivity index (χ4n) is 2.09. The summed E-state index contributed by atoms with van der Waals surface area (Å²) in [6.07, 6.45) is 1.22. The summed E-state index contributed by atoms with van der Waals surface area (Å²) in [4.78, 5) is 14.5. The van der Waals surface area contributed by atoms with Crippen molar-refractivity contribution >= 4 is 27.6 Å². The summed E-state index contributed by atoms with van der Waals surface area (Å²) in [5.74, 6) is 0. The molecule has 25 heavy (non-hydrogen) atoms. The molecule has 0 saturated carbocycles. The number of aryl methyl sites for hydroxylation is 1. The van der Waals surface area contributed by atoms with E-state index in [9.17, 15) is 18.5 Å². The van der Waals surface area contributed by atoms with Crippen LogP contribution in [-0.2, 0) is 10.0 Å². The van der Waals surface area contributed by atoms with Gasteiger partial charge in [-0.1, -0.05) is 23.8 Å². The minimum atomic E-state index is -3.79. The van der Waals surface area contributed by atoms with Crippen molar-refractivity contribution in [2.75, 3.05) is 19.0 Å². The molecule has 2 rings (SSSR count). The highest BCUT2D eigenvalue weighted by Crippen LogP contribution is 2.27. The van der Waals surface area contributed by atoms with Gasteiger partial charge < -0.3 is 4.90 Å². The third kappa shape index (κ3) is 4.54. The molecule has 0 aliphatic heterocycles. The molecule has 2 aromatic rings. The van der Waals surface area contributed by atoms with Crippen LogP contribution in [-0.4, -0.2) is 33.7 Å². The van der Waals surface area contributed by atoms with E-state index in [1.807, 2.05) is 6.92 Å². The third-order valence-corrected chi connectivity index (χ3v) is 4.63. The Hall–Kier alpha value is -2.94. The van der Waals surface area contributed by atoms with Crippen molar-refractivity contribution in [2.24, 2.45) is 5.10 Å². The molecule has 0 unspecified atom stereocenters. The van der Waals surface area contributed by atoms with Crippen LogP contribution in [0.5, 0.6) is 0 Å². The maximum Gasteiger partial charge on any atom is 0.293 e. The average molecular weight is 362 g/mol. The molecular formula is C16H18N4O4S. The van der Waals surface area contributed by atoms with Crippen molar-refractivity contribution in [1.29, 1.82) is 0 Å². The molecule has 132 valence electrons. The molecule has 0 atom stereocenters. The molecule has 0 aliphatic rings. The number of nitro benzene ring substituents is 1. The van der Waals surface area contributed by atoms with Crippen LogP contribution in [0.4, 0.5) is 11.4 Å². The van der Waals surface area contributed by atoms with Crippen molar-refractivity contribution in [3.8, 4) is 0 Å². The Morgan fingerprint density at radius 1 is 1.16 bits per heavy atom. The van der Waals surface area contributed by atoms with E-state index in [4.69, 9.17) is 0 Å². The Balaban J connectivity index is 2.20. The molecule has 0 bridgehead atoms. The quantitative estimate of drug-likeness (QED) is 0.482. The predicted octanol–water partition coefficient (Wildman–Crippen LogP) is 2.28. The molecule has 1 N–H and O–H groups in total. The van der Waals surface area contributed by atoms with Crippen LogP contribution in [0.1, 0.15) is 11.1 Å². The molecule has 0 amide bonds. The predicted molar refractivity (Wildman–Crippen MR) is 96.5 cm³/mol. The van der Waals surface area contributed by atoms with Crippen LogP contribution in [0.25, 0.3) is 0 Å². The van der Waals surface area contributed by atoms with Crippen LogP contribution >= 0.6 is 0 Å². The Bertz CT molecular complexity index is 906. The van der Waals surface area contributed by atoms with Crippen molar-refractivity contribution in [1.82, 2.24) is 4.83 Å². The fraction of sp³-hybridized carbons (Fsp3) is 0.188. The molecule has 9 heteroatoms. The van der Waals surface area contributed by atoms with Gasteiger partial charge in [0.25, 0.3) is 15.7 Å². The number of nitrogens with one attached hydrogen (secondary N) is 1. The molecule has 0 saturated heterocycles. The highest BCUT2D eigenvalue weighted by molar-refractivity contribution is 7.89. The number of anilines is 1. The lowest BCUT2D eigenvalue weighted by atomic mass is 10.2. The average Bonchev–Trinajstić information content (AvgIpc) is 2.54. The normalized spacial score (nSPS) is 11.5. The summed E-state index contributed by atoms with van der Waals surface area (Å²) in [6, 6.07) is 10.8. The van der Waals surface area contributed by atoms with Crippen LogP contribution < -0.4 is 9.73 Å². The molecule has 0 fully saturated rings. The van der Waals surface area contributed by atoms with Gasteiger partial charge in [-0.25, -0.2) is 4.83 Å². The number of hydrogen-bond donors (Lipinski definition) is 1. The van der Waals surface area contributed by atoms with Gasteiger partial charge in [-0.05, 0) is 25.1 Å².